The molecule has 2 aliphatic heterocycles. The van der Waals surface area contributed by atoms with Gasteiger partial charge in [-0.3, -0.25) is 4.79 Å². The molecule has 2 saturated heterocycles. The number of urea groups is 1. The Labute approximate surface area is 114 Å². The van der Waals surface area contributed by atoms with Gasteiger partial charge in [-0.25, -0.2) is 4.79 Å². The molecule has 2 rings (SSSR count). The van der Waals surface area contributed by atoms with Gasteiger partial charge < -0.3 is 14.9 Å². The van der Waals surface area contributed by atoms with Crippen molar-refractivity contribution in [1.29, 1.82) is 0 Å². The van der Waals surface area contributed by atoms with Gasteiger partial charge in [-0.15, -0.1) is 0 Å². The van der Waals surface area contributed by atoms with E-state index in [0.717, 1.165) is 25.8 Å². The number of carbonyl (C=O) groups is 2. The van der Waals surface area contributed by atoms with Crippen molar-refractivity contribution in [3.8, 4) is 0 Å². The predicted octanol–water partition coefficient (Wildman–Crippen LogP) is 2.17. The van der Waals surface area contributed by atoms with E-state index in [1.165, 1.54) is 6.42 Å². The number of carboxylic acid groups (broad SMARTS) is 1. The van der Waals surface area contributed by atoms with Crippen LogP contribution in [-0.4, -0.2) is 52.6 Å². The second-order valence-corrected chi connectivity index (χ2v) is 5.63. The van der Waals surface area contributed by atoms with E-state index in [9.17, 15) is 9.59 Å². The van der Waals surface area contributed by atoms with Gasteiger partial charge in [0.25, 0.3) is 0 Å². The number of likely N-dealkylation sites (tertiary alicyclic amines) is 2. The number of nitrogens with zero attached hydrogens (tertiary/aromatic N) is 2. The summed E-state index contributed by atoms with van der Waals surface area (Å²) in [5.74, 6) is -0.996. The zero-order chi connectivity index (χ0) is 13.8. The highest BCUT2D eigenvalue weighted by Gasteiger charge is 2.32. The summed E-state index contributed by atoms with van der Waals surface area (Å²) >= 11 is 0. The molecule has 0 aromatic carbocycles. The third kappa shape index (κ3) is 3.19. The molecule has 108 valence electrons. The van der Waals surface area contributed by atoms with E-state index >= 15 is 0 Å². The Balaban J connectivity index is 1.91. The van der Waals surface area contributed by atoms with Crippen LogP contribution < -0.4 is 0 Å². The first-order chi connectivity index (χ1) is 9.13. The van der Waals surface area contributed by atoms with Crippen LogP contribution in [0.1, 0.15) is 45.4 Å². The molecule has 2 aliphatic rings. The molecule has 0 spiro atoms. The topological polar surface area (TPSA) is 60.9 Å². The summed E-state index contributed by atoms with van der Waals surface area (Å²) in [5, 5.41) is 8.98. The lowest BCUT2D eigenvalue weighted by molar-refractivity contribution is -0.143. The summed E-state index contributed by atoms with van der Waals surface area (Å²) in [7, 11) is 0. The highest BCUT2D eigenvalue weighted by Crippen LogP contribution is 2.24. The van der Waals surface area contributed by atoms with E-state index in [-0.39, 0.29) is 11.9 Å². The van der Waals surface area contributed by atoms with E-state index in [0.29, 0.717) is 32.0 Å². The highest BCUT2D eigenvalue weighted by atomic mass is 16.4. The largest absolute Gasteiger partial charge is 0.481 e. The summed E-state index contributed by atoms with van der Waals surface area (Å²) < 4.78 is 0. The number of carboxylic acids is 1. The molecule has 19 heavy (non-hydrogen) atoms. The lowest BCUT2D eigenvalue weighted by atomic mass is 9.96. The average Bonchev–Trinajstić information content (AvgIpc) is 2.46. The monoisotopic (exact) mass is 268 g/mol. The Morgan fingerprint density at radius 3 is 2.37 bits per heavy atom. The van der Waals surface area contributed by atoms with Crippen LogP contribution in [0.5, 0.6) is 0 Å². The minimum atomic E-state index is -0.725. The first-order valence-electron chi connectivity index (χ1n) is 7.41. The molecular weight excluding hydrogens is 244 g/mol. The molecule has 0 aromatic rings. The van der Waals surface area contributed by atoms with E-state index < -0.39 is 5.97 Å². The minimum Gasteiger partial charge on any atom is -0.481 e. The summed E-state index contributed by atoms with van der Waals surface area (Å²) in [6.07, 6.45) is 5.60. The van der Waals surface area contributed by atoms with Crippen LogP contribution in [0.3, 0.4) is 0 Å². The number of amides is 2. The molecule has 1 atom stereocenters. The van der Waals surface area contributed by atoms with Crippen LogP contribution in [0.2, 0.25) is 0 Å². The number of carbonyl (C=O) groups excluding carboxylic acids is 1. The maximum absolute atomic E-state index is 12.5. The average molecular weight is 268 g/mol. The van der Waals surface area contributed by atoms with Gasteiger partial charge in [-0.1, -0.05) is 6.92 Å². The van der Waals surface area contributed by atoms with Crippen LogP contribution >= 0.6 is 0 Å². The van der Waals surface area contributed by atoms with Crippen molar-refractivity contribution in [2.45, 2.75) is 51.5 Å². The van der Waals surface area contributed by atoms with Crippen molar-refractivity contribution in [3.05, 3.63) is 0 Å². The van der Waals surface area contributed by atoms with Gasteiger partial charge in [0.15, 0.2) is 0 Å². The summed E-state index contributed by atoms with van der Waals surface area (Å²) in [6, 6.07) is 0.494. The normalized spacial score (nSPS) is 25.4. The van der Waals surface area contributed by atoms with Crippen LogP contribution in [0.25, 0.3) is 0 Å². The molecule has 5 nitrogen and oxygen atoms in total. The Kier molecular flexibility index (Phi) is 4.66. The highest BCUT2D eigenvalue weighted by molar-refractivity contribution is 5.76. The molecule has 1 unspecified atom stereocenters. The maximum atomic E-state index is 12.5. The number of piperidine rings is 2. The smallest absolute Gasteiger partial charge is 0.320 e. The third-order valence-corrected chi connectivity index (χ3v) is 4.46. The van der Waals surface area contributed by atoms with Gasteiger partial charge >= 0.3 is 12.0 Å². The lowest BCUT2D eigenvalue weighted by Gasteiger charge is -2.40. The minimum absolute atomic E-state index is 0.121. The molecule has 0 aliphatic carbocycles. The lowest BCUT2D eigenvalue weighted by Crippen LogP contribution is -2.52. The molecule has 2 amide bonds. The number of hydrogen-bond acceptors (Lipinski definition) is 2. The molecule has 2 heterocycles. The van der Waals surface area contributed by atoms with Crippen LogP contribution in [0.15, 0.2) is 0 Å². The molecule has 0 radical (unpaired) electrons. The maximum Gasteiger partial charge on any atom is 0.320 e. The first kappa shape index (κ1) is 14.2. The van der Waals surface area contributed by atoms with Crippen molar-refractivity contribution >= 4 is 12.0 Å². The molecule has 5 heteroatoms. The predicted molar refractivity (Wildman–Crippen MR) is 72.0 cm³/mol. The molecule has 0 aromatic heterocycles. The fraction of sp³-hybridized carbons (Fsp3) is 0.857. The van der Waals surface area contributed by atoms with Gasteiger partial charge in [0, 0.05) is 25.7 Å². The quantitative estimate of drug-likeness (QED) is 0.835. The van der Waals surface area contributed by atoms with E-state index in [1.54, 1.807) is 0 Å². The summed E-state index contributed by atoms with van der Waals surface area (Å²) in [4.78, 5) is 27.3. The van der Waals surface area contributed by atoms with Crippen molar-refractivity contribution < 1.29 is 14.7 Å². The first-order valence-corrected chi connectivity index (χ1v) is 7.41. The Bertz CT molecular complexity index is 338. The number of hydrogen-bond donors (Lipinski definition) is 1. The number of aliphatic carboxylic acids is 1. The van der Waals surface area contributed by atoms with E-state index in [4.69, 9.17) is 5.11 Å². The molecule has 0 bridgehead atoms. The molecule has 1 N–H and O–H groups in total. The molecular formula is C14H24N2O3. The second-order valence-electron chi connectivity index (χ2n) is 5.63. The van der Waals surface area contributed by atoms with Crippen molar-refractivity contribution in [2.75, 3.05) is 19.6 Å². The fourth-order valence-electron chi connectivity index (χ4n) is 3.18. The van der Waals surface area contributed by atoms with Crippen LogP contribution in [0, 0.1) is 5.92 Å². The van der Waals surface area contributed by atoms with Gasteiger partial charge in [-0.05, 0) is 38.5 Å². The fourth-order valence-corrected chi connectivity index (χ4v) is 3.18. The zero-order valence-electron chi connectivity index (χ0n) is 11.7. The second kappa shape index (κ2) is 6.26. The summed E-state index contributed by atoms with van der Waals surface area (Å²) in [5.41, 5.74) is 0. The Hall–Kier alpha value is -1.26. The van der Waals surface area contributed by atoms with Crippen LogP contribution in [0.4, 0.5) is 4.79 Å². The Morgan fingerprint density at radius 2 is 1.79 bits per heavy atom. The standard InChI is InChI=1S/C14H24N2O3/c1-2-12-5-3-4-8-16(12)14(19)15-9-6-11(7-10-15)13(17)18/h11-12H,2-10H2,1H3,(H,17,18). The van der Waals surface area contributed by atoms with Crippen molar-refractivity contribution in [2.24, 2.45) is 5.92 Å². The van der Waals surface area contributed by atoms with Crippen molar-refractivity contribution in [1.82, 2.24) is 9.80 Å². The van der Waals surface area contributed by atoms with Crippen molar-refractivity contribution in [3.63, 3.8) is 0 Å². The van der Waals surface area contributed by atoms with E-state index in [2.05, 4.69) is 6.92 Å². The molecule has 2 fully saturated rings. The zero-order valence-corrected chi connectivity index (χ0v) is 11.7. The summed E-state index contributed by atoms with van der Waals surface area (Å²) in [6.45, 7) is 4.16. The van der Waals surface area contributed by atoms with E-state index in [1.807, 2.05) is 9.80 Å². The van der Waals surface area contributed by atoms with Gasteiger partial charge in [0.05, 0.1) is 5.92 Å². The van der Waals surface area contributed by atoms with Crippen LogP contribution in [-0.2, 0) is 4.79 Å². The SMILES string of the molecule is CCC1CCCCN1C(=O)N1CCC(C(=O)O)CC1. The van der Waals surface area contributed by atoms with Gasteiger partial charge in [0.2, 0.25) is 0 Å². The van der Waals surface area contributed by atoms with Gasteiger partial charge in [0.1, 0.15) is 0 Å². The number of rotatable bonds is 2. The van der Waals surface area contributed by atoms with Gasteiger partial charge in [-0.2, -0.15) is 0 Å². The third-order valence-electron chi connectivity index (χ3n) is 4.46. The Morgan fingerprint density at radius 1 is 1.11 bits per heavy atom. The molecule has 0 saturated carbocycles.